The van der Waals surface area contributed by atoms with Crippen molar-refractivity contribution in [2.75, 3.05) is 6.54 Å². The largest absolute Gasteiger partial charge is 0.330 e. The average molecular weight is 251 g/mol. The molecule has 1 heteroatoms. The van der Waals surface area contributed by atoms with Crippen LogP contribution < -0.4 is 5.73 Å². The smallest absolute Gasteiger partial charge is 0.00745 e. The molecule has 1 nitrogen and oxygen atoms in total. The van der Waals surface area contributed by atoms with E-state index >= 15 is 0 Å². The zero-order valence-electron chi connectivity index (χ0n) is 12.4. The van der Waals surface area contributed by atoms with E-state index in [1.165, 1.54) is 57.8 Å². The van der Waals surface area contributed by atoms with Crippen LogP contribution in [0.1, 0.15) is 77.6 Å². The molecule has 106 valence electrons. The van der Waals surface area contributed by atoms with Gasteiger partial charge in [0.25, 0.3) is 0 Å². The Balaban J connectivity index is 3.00. The molecule has 0 saturated carbocycles. The molecule has 0 aliphatic rings. The van der Waals surface area contributed by atoms with Gasteiger partial charge >= 0.3 is 0 Å². The average Bonchev–Trinajstić information content (AvgIpc) is 2.39. The van der Waals surface area contributed by atoms with Gasteiger partial charge in [-0.05, 0) is 57.9 Å². The lowest BCUT2D eigenvalue weighted by molar-refractivity contribution is 0.611. The Morgan fingerprint density at radius 3 is 2.17 bits per heavy atom. The van der Waals surface area contributed by atoms with Gasteiger partial charge in [-0.1, -0.05) is 51.2 Å². The summed E-state index contributed by atoms with van der Waals surface area (Å²) in [5.74, 6) is 0. The Morgan fingerprint density at radius 1 is 0.722 bits per heavy atom. The van der Waals surface area contributed by atoms with E-state index in [9.17, 15) is 0 Å². The van der Waals surface area contributed by atoms with Gasteiger partial charge in [0.1, 0.15) is 0 Å². The molecule has 0 atom stereocenters. The standard InChI is InChI=1S/C17H33N/c1-2-3-4-5-6-7-8-9-10-11-12-13-14-15-16-17-18/h9-10,13,15H,2-8,11-12,14,16-18H2,1H3/b10-9-. The first-order valence-corrected chi connectivity index (χ1v) is 7.90. The van der Waals surface area contributed by atoms with Crippen LogP contribution >= 0.6 is 0 Å². The van der Waals surface area contributed by atoms with Gasteiger partial charge in [0.05, 0.1) is 0 Å². The maximum Gasteiger partial charge on any atom is -0.00745 e. The Kier molecular flexibility index (Phi) is 16.4. The second-order valence-corrected chi connectivity index (χ2v) is 5.00. The fourth-order valence-electron chi connectivity index (χ4n) is 1.96. The lowest BCUT2D eigenvalue weighted by Gasteiger charge is -1.98. The normalized spacial score (nSPS) is 11.4. The summed E-state index contributed by atoms with van der Waals surface area (Å²) in [5, 5.41) is 0. The third-order valence-corrected chi connectivity index (χ3v) is 3.13. The first-order valence-electron chi connectivity index (χ1n) is 7.90. The molecule has 0 unspecified atom stereocenters. The minimum absolute atomic E-state index is 0.784. The van der Waals surface area contributed by atoms with Crippen LogP contribution in [0.25, 0.3) is 0 Å². The van der Waals surface area contributed by atoms with Crippen LogP contribution in [-0.2, 0) is 0 Å². The summed E-state index contributed by atoms with van der Waals surface area (Å²) in [7, 11) is 0. The molecule has 0 heterocycles. The highest BCUT2D eigenvalue weighted by molar-refractivity contribution is 4.85. The molecule has 0 aromatic heterocycles. The minimum Gasteiger partial charge on any atom is -0.330 e. The van der Waals surface area contributed by atoms with E-state index < -0.39 is 0 Å². The highest BCUT2D eigenvalue weighted by Gasteiger charge is 1.90. The van der Waals surface area contributed by atoms with Crippen molar-refractivity contribution >= 4 is 0 Å². The molecular weight excluding hydrogens is 218 g/mol. The van der Waals surface area contributed by atoms with Gasteiger partial charge in [-0.25, -0.2) is 0 Å². The van der Waals surface area contributed by atoms with Gasteiger partial charge in [-0.3, -0.25) is 0 Å². The third kappa shape index (κ3) is 15.7. The Morgan fingerprint density at radius 2 is 1.39 bits per heavy atom. The van der Waals surface area contributed by atoms with E-state index in [1.54, 1.807) is 0 Å². The first kappa shape index (κ1) is 17.7. The minimum atomic E-state index is 0.784. The second kappa shape index (κ2) is 16.7. The molecule has 0 saturated heterocycles. The number of nitrogens with two attached hydrogens (primary N) is 1. The number of hydrogen-bond acceptors (Lipinski definition) is 1. The summed E-state index contributed by atoms with van der Waals surface area (Å²) in [6, 6.07) is 0. The molecule has 0 spiro atoms. The molecule has 0 amide bonds. The van der Waals surface area contributed by atoms with Crippen LogP contribution in [0, 0.1) is 12.8 Å². The van der Waals surface area contributed by atoms with E-state index in [0.29, 0.717) is 0 Å². The van der Waals surface area contributed by atoms with Crippen LogP contribution in [0.5, 0.6) is 0 Å². The van der Waals surface area contributed by atoms with Crippen molar-refractivity contribution in [1.82, 2.24) is 0 Å². The third-order valence-electron chi connectivity index (χ3n) is 3.13. The molecule has 0 fully saturated rings. The molecule has 0 aliphatic carbocycles. The predicted molar refractivity (Wildman–Crippen MR) is 83.3 cm³/mol. The van der Waals surface area contributed by atoms with Crippen molar-refractivity contribution in [3.8, 4) is 0 Å². The Bertz CT molecular complexity index is 145. The van der Waals surface area contributed by atoms with Crippen molar-refractivity contribution in [1.29, 1.82) is 0 Å². The Hall–Kier alpha value is -0.300. The molecule has 2 N–H and O–H groups in total. The van der Waals surface area contributed by atoms with Gasteiger partial charge in [-0.15, -0.1) is 0 Å². The summed E-state index contributed by atoms with van der Waals surface area (Å²) in [4.78, 5) is 0. The first-order chi connectivity index (χ1) is 8.91. The van der Waals surface area contributed by atoms with Gasteiger partial charge in [-0.2, -0.15) is 0 Å². The monoisotopic (exact) mass is 251 g/mol. The maximum atomic E-state index is 5.42. The lowest BCUT2D eigenvalue weighted by atomic mass is 10.1. The number of allylic oxidation sites excluding steroid dienone is 2. The molecule has 2 radical (unpaired) electrons. The van der Waals surface area contributed by atoms with E-state index in [1.807, 2.05) is 0 Å². The summed E-state index contributed by atoms with van der Waals surface area (Å²) >= 11 is 0. The van der Waals surface area contributed by atoms with Crippen molar-refractivity contribution in [3.05, 3.63) is 25.0 Å². The molecule has 0 aromatic carbocycles. The van der Waals surface area contributed by atoms with Crippen LogP contribution in [0.2, 0.25) is 0 Å². The van der Waals surface area contributed by atoms with Gasteiger partial charge in [0.15, 0.2) is 0 Å². The second-order valence-electron chi connectivity index (χ2n) is 5.00. The van der Waals surface area contributed by atoms with Crippen molar-refractivity contribution in [3.63, 3.8) is 0 Å². The SMILES string of the molecule is CCCCCCCC/C=C\CC[CH]C[CH]CCN. The molecule has 0 bridgehead atoms. The van der Waals surface area contributed by atoms with E-state index in [0.717, 1.165) is 19.4 Å². The van der Waals surface area contributed by atoms with Gasteiger partial charge in [0, 0.05) is 0 Å². The van der Waals surface area contributed by atoms with Gasteiger partial charge < -0.3 is 5.73 Å². The lowest BCUT2D eigenvalue weighted by Crippen LogP contribution is -1.98. The van der Waals surface area contributed by atoms with Crippen LogP contribution in [0.3, 0.4) is 0 Å². The molecule has 0 rings (SSSR count). The summed E-state index contributed by atoms with van der Waals surface area (Å²) in [6.07, 6.45) is 23.5. The van der Waals surface area contributed by atoms with E-state index in [4.69, 9.17) is 5.73 Å². The number of hydrogen-bond donors (Lipinski definition) is 1. The fourth-order valence-corrected chi connectivity index (χ4v) is 1.96. The predicted octanol–water partition coefficient (Wildman–Crippen LogP) is 5.22. The zero-order chi connectivity index (χ0) is 13.3. The highest BCUT2D eigenvalue weighted by Crippen LogP contribution is 2.08. The zero-order valence-corrected chi connectivity index (χ0v) is 12.4. The van der Waals surface area contributed by atoms with Crippen LogP contribution in [0.4, 0.5) is 0 Å². The highest BCUT2D eigenvalue weighted by atomic mass is 14.5. The topological polar surface area (TPSA) is 26.0 Å². The quantitative estimate of drug-likeness (QED) is 0.332. The van der Waals surface area contributed by atoms with Crippen molar-refractivity contribution < 1.29 is 0 Å². The van der Waals surface area contributed by atoms with Crippen LogP contribution in [0.15, 0.2) is 12.2 Å². The molecule has 18 heavy (non-hydrogen) atoms. The van der Waals surface area contributed by atoms with Crippen molar-refractivity contribution in [2.45, 2.75) is 77.6 Å². The molecule has 0 aromatic rings. The summed E-state index contributed by atoms with van der Waals surface area (Å²) in [6.45, 7) is 3.06. The van der Waals surface area contributed by atoms with Crippen LogP contribution in [-0.4, -0.2) is 6.54 Å². The Labute approximate surface area is 115 Å². The number of rotatable bonds is 14. The summed E-state index contributed by atoms with van der Waals surface area (Å²) < 4.78 is 0. The summed E-state index contributed by atoms with van der Waals surface area (Å²) in [5.41, 5.74) is 5.42. The van der Waals surface area contributed by atoms with Crippen molar-refractivity contribution in [2.24, 2.45) is 5.73 Å². The number of unbranched alkanes of at least 4 members (excludes halogenated alkanes) is 11. The van der Waals surface area contributed by atoms with E-state index in [-0.39, 0.29) is 0 Å². The maximum absolute atomic E-state index is 5.42. The van der Waals surface area contributed by atoms with Gasteiger partial charge in [0.2, 0.25) is 0 Å². The molecule has 0 aliphatic heterocycles. The fraction of sp³-hybridized carbons (Fsp3) is 0.765. The molecular formula is C17H33N. The van der Waals surface area contributed by atoms with E-state index in [2.05, 4.69) is 31.9 Å².